The first-order chi connectivity index (χ1) is 8.92. The Labute approximate surface area is 109 Å². The number of fused-ring (bicyclic) bond motifs is 1. The third-order valence-electron chi connectivity index (χ3n) is 4.66. The van der Waals surface area contributed by atoms with Crippen LogP contribution >= 0.6 is 0 Å². The number of ether oxygens (including phenoxy) is 1. The lowest BCUT2D eigenvalue weighted by Crippen LogP contribution is -2.36. The SMILES string of the molecule is c1ccc2c(c1)OCC2CNC(C1CC1)C1CC1. The van der Waals surface area contributed by atoms with Crippen LogP contribution in [0, 0.1) is 11.8 Å². The van der Waals surface area contributed by atoms with E-state index in [1.54, 1.807) is 0 Å². The van der Waals surface area contributed by atoms with Gasteiger partial charge in [0.1, 0.15) is 5.75 Å². The first-order valence-corrected chi connectivity index (χ1v) is 7.37. The van der Waals surface area contributed by atoms with Gasteiger partial charge in [0.25, 0.3) is 0 Å². The van der Waals surface area contributed by atoms with Gasteiger partial charge in [0.05, 0.1) is 6.61 Å². The van der Waals surface area contributed by atoms with Crippen LogP contribution in [-0.4, -0.2) is 19.2 Å². The Morgan fingerprint density at radius 3 is 2.56 bits per heavy atom. The van der Waals surface area contributed by atoms with Gasteiger partial charge < -0.3 is 10.1 Å². The second-order valence-electron chi connectivity index (χ2n) is 6.15. The zero-order valence-corrected chi connectivity index (χ0v) is 10.8. The molecule has 1 aromatic carbocycles. The molecule has 0 saturated heterocycles. The number of hydrogen-bond acceptors (Lipinski definition) is 2. The van der Waals surface area contributed by atoms with Crippen molar-refractivity contribution in [3.8, 4) is 5.75 Å². The summed E-state index contributed by atoms with van der Waals surface area (Å²) in [6.45, 7) is 1.95. The molecule has 18 heavy (non-hydrogen) atoms. The van der Waals surface area contributed by atoms with Crippen LogP contribution in [0.5, 0.6) is 5.75 Å². The lowest BCUT2D eigenvalue weighted by Gasteiger charge is -2.20. The van der Waals surface area contributed by atoms with Crippen LogP contribution in [0.2, 0.25) is 0 Å². The summed E-state index contributed by atoms with van der Waals surface area (Å²) in [5.74, 6) is 3.62. The van der Waals surface area contributed by atoms with Crippen LogP contribution in [0.4, 0.5) is 0 Å². The standard InChI is InChI=1S/C16H21NO/c1-2-4-15-14(3-1)13(10-18-15)9-17-16(11-5-6-11)12-7-8-12/h1-4,11-13,16-17H,5-10H2. The van der Waals surface area contributed by atoms with Crippen LogP contribution < -0.4 is 10.1 Å². The Hall–Kier alpha value is -1.02. The number of para-hydroxylation sites is 1. The van der Waals surface area contributed by atoms with Crippen molar-refractivity contribution in [2.45, 2.75) is 37.6 Å². The fourth-order valence-corrected chi connectivity index (χ4v) is 3.31. The molecule has 2 aliphatic carbocycles. The van der Waals surface area contributed by atoms with E-state index in [0.29, 0.717) is 5.92 Å². The third kappa shape index (κ3) is 2.03. The second-order valence-corrected chi connectivity index (χ2v) is 6.15. The van der Waals surface area contributed by atoms with Crippen LogP contribution in [0.1, 0.15) is 37.2 Å². The fourth-order valence-electron chi connectivity index (χ4n) is 3.31. The molecular weight excluding hydrogens is 222 g/mol. The van der Waals surface area contributed by atoms with Gasteiger partial charge in [-0.15, -0.1) is 0 Å². The zero-order valence-electron chi connectivity index (χ0n) is 10.8. The summed E-state index contributed by atoms with van der Waals surface area (Å²) in [6, 6.07) is 9.30. The number of rotatable bonds is 5. The lowest BCUT2D eigenvalue weighted by atomic mass is 10.00. The van der Waals surface area contributed by atoms with E-state index in [0.717, 1.165) is 36.8 Å². The first kappa shape index (κ1) is 10.9. The molecule has 2 fully saturated rings. The van der Waals surface area contributed by atoms with Crippen molar-refractivity contribution < 1.29 is 4.74 Å². The highest BCUT2D eigenvalue weighted by molar-refractivity contribution is 5.39. The van der Waals surface area contributed by atoms with Gasteiger partial charge in [-0.25, -0.2) is 0 Å². The molecule has 0 spiro atoms. The third-order valence-corrected chi connectivity index (χ3v) is 4.66. The van der Waals surface area contributed by atoms with E-state index < -0.39 is 0 Å². The minimum atomic E-state index is 0.557. The Morgan fingerprint density at radius 1 is 1.11 bits per heavy atom. The normalized spacial score (nSPS) is 26.2. The molecule has 4 rings (SSSR count). The van der Waals surface area contributed by atoms with Gasteiger partial charge in [-0.1, -0.05) is 18.2 Å². The van der Waals surface area contributed by atoms with Gasteiger partial charge in [-0.05, 0) is 43.6 Å². The Morgan fingerprint density at radius 2 is 1.83 bits per heavy atom. The molecule has 1 aliphatic heterocycles. The molecule has 2 heteroatoms. The Kier molecular flexibility index (Phi) is 2.58. The van der Waals surface area contributed by atoms with Gasteiger partial charge >= 0.3 is 0 Å². The maximum absolute atomic E-state index is 5.76. The molecule has 2 nitrogen and oxygen atoms in total. The van der Waals surface area contributed by atoms with Crippen molar-refractivity contribution in [3.05, 3.63) is 29.8 Å². The molecule has 0 aromatic heterocycles. The number of benzene rings is 1. The smallest absolute Gasteiger partial charge is 0.122 e. The van der Waals surface area contributed by atoms with E-state index in [1.807, 2.05) is 0 Å². The van der Waals surface area contributed by atoms with Crippen molar-refractivity contribution in [3.63, 3.8) is 0 Å². The predicted octanol–water partition coefficient (Wildman–Crippen LogP) is 2.94. The summed E-state index contributed by atoms with van der Waals surface area (Å²) >= 11 is 0. The van der Waals surface area contributed by atoms with E-state index in [2.05, 4.69) is 29.6 Å². The van der Waals surface area contributed by atoms with Gasteiger partial charge in [0.2, 0.25) is 0 Å². The fraction of sp³-hybridized carbons (Fsp3) is 0.625. The van der Waals surface area contributed by atoms with Gasteiger partial charge in [-0.3, -0.25) is 0 Å². The molecule has 1 unspecified atom stereocenters. The van der Waals surface area contributed by atoms with Crippen molar-refractivity contribution in [1.82, 2.24) is 5.32 Å². The topological polar surface area (TPSA) is 21.3 Å². The molecule has 1 aromatic rings. The van der Waals surface area contributed by atoms with Crippen LogP contribution in [0.15, 0.2) is 24.3 Å². The van der Waals surface area contributed by atoms with Gasteiger partial charge in [0.15, 0.2) is 0 Å². The molecule has 2 saturated carbocycles. The number of nitrogens with one attached hydrogen (secondary N) is 1. The maximum Gasteiger partial charge on any atom is 0.122 e. The van der Waals surface area contributed by atoms with E-state index >= 15 is 0 Å². The van der Waals surface area contributed by atoms with Gasteiger partial charge in [-0.2, -0.15) is 0 Å². The molecule has 0 bridgehead atoms. The molecule has 96 valence electrons. The highest BCUT2D eigenvalue weighted by Gasteiger charge is 2.41. The highest BCUT2D eigenvalue weighted by Crippen LogP contribution is 2.45. The average molecular weight is 243 g/mol. The van der Waals surface area contributed by atoms with E-state index in [1.165, 1.54) is 31.2 Å². The minimum absolute atomic E-state index is 0.557. The van der Waals surface area contributed by atoms with Crippen molar-refractivity contribution in [2.24, 2.45) is 11.8 Å². The average Bonchev–Trinajstić information content (AvgIpc) is 3.29. The zero-order chi connectivity index (χ0) is 11.9. The quantitative estimate of drug-likeness (QED) is 0.858. The van der Waals surface area contributed by atoms with Crippen molar-refractivity contribution >= 4 is 0 Å². The molecule has 1 heterocycles. The number of hydrogen-bond donors (Lipinski definition) is 1. The van der Waals surface area contributed by atoms with E-state index in [-0.39, 0.29) is 0 Å². The predicted molar refractivity (Wildman–Crippen MR) is 71.9 cm³/mol. The molecule has 0 radical (unpaired) electrons. The molecule has 3 aliphatic rings. The van der Waals surface area contributed by atoms with Crippen LogP contribution in [0.3, 0.4) is 0 Å². The summed E-state index contributed by atoms with van der Waals surface area (Å²) in [7, 11) is 0. The van der Waals surface area contributed by atoms with E-state index in [4.69, 9.17) is 4.74 Å². The molecule has 1 N–H and O–H groups in total. The highest BCUT2D eigenvalue weighted by atomic mass is 16.5. The minimum Gasteiger partial charge on any atom is -0.493 e. The molecular formula is C16H21NO. The first-order valence-electron chi connectivity index (χ1n) is 7.37. The summed E-state index contributed by atoms with van der Waals surface area (Å²) in [4.78, 5) is 0. The Bertz CT molecular complexity index is 424. The summed E-state index contributed by atoms with van der Waals surface area (Å²) in [5, 5.41) is 3.85. The van der Waals surface area contributed by atoms with Crippen molar-refractivity contribution in [1.29, 1.82) is 0 Å². The Balaban J connectivity index is 1.40. The van der Waals surface area contributed by atoms with Crippen LogP contribution in [0.25, 0.3) is 0 Å². The van der Waals surface area contributed by atoms with Crippen LogP contribution in [-0.2, 0) is 0 Å². The monoisotopic (exact) mass is 243 g/mol. The largest absolute Gasteiger partial charge is 0.493 e. The summed E-state index contributed by atoms with van der Waals surface area (Å²) < 4.78 is 5.76. The molecule has 0 amide bonds. The van der Waals surface area contributed by atoms with E-state index in [9.17, 15) is 0 Å². The summed E-state index contributed by atoms with van der Waals surface area (Å²) in [6.07, 6.45) is 5.80. The summed E-state index contributed by atoms with van der Waals surface area (Å²) in [5.41, 5.74) is 1.40. The lowest BCUT2D eigenvalue weighted by molar-refractivity contribution is 0.314. The molecule has 1 atom stereocenters. The second kappa shape index (κ2) is 4.27. The van der Waals surface area contributed by atoms with Crippen molar-refractivity contribution in [2.75, 3.05) is 13.2 Å². The maximum atomic E-state index is 5.76. The van der Waals surface area contributed by atoms with Gasteiger partial charge in [0, 0.05) is 24.1 Å².